The molecule has 0 saturated heterocycles. The predicted octanol–water partition coefficient (Wildman–Crippen LogP) is 0.399. The van der Waals surface area contributed by atoms with Gasteiger partial charge < -0.3 is 14.8 Å². The van der Waals surface area contributed by atoms with Gasteiger partial charge in [-0.05, 0) is 24.4 Å². The summed E-state index contributed by atoms with van der Waals surface area (Å²) >= 11 is 0. The summed E-state index contributed by atoms with van der Waals surface area (Å²) in [4.78, 5) is 1.44. The van der Waals surface area contributed by atoms with Crippen LogP contribution in [0.25, 0.3) is 5.69 Å². The molecule has 2 rings (SSSR count). The lowest BCUT2D eigenvalue weighted by molar-refractivity contribution is 0.391. The van der Waals surface area contributed by atoms with Gasteiger partial charge >= 0.3 is 0 Å². The van der Waals surface area contributed by atoms with Crippen molar-refractivity contribution in [2.24, 2.45) is 0 Å². The first-order chi connectivity index (χ1) is 8.78. The number of aromatic nitrogens is 4. The van der Waals surface area contributed by atoms with Crippen LogP contribution in [0.3, 0.4) is 0 Å². The third kappa shape index (κ3) is 2.40. The summed E-state index contributed by atoms with van der Waals surface area (Å²) in [7, 11) is 5.02. The summed E-state index contributed by atoms with van der Waals surface area (Å²) in [6, 6.07) is 5.41. The Hall–Kier alpha value is -2.15. The number of tetrazole rings is 1. The van der Waals surface area contributed by atoms with Crippen LogP contribution in [-0.2, 0) is 6.54 Å². The highest BCUT2D eigenvalue weighted by molar-refractivity contribution is 5.49. The van der Waals surface area contributed by atoms with Crippen LogP contribution in [0.5, 0.6) is 11.5 Å². The molecule has 96 valence electrons. The number of nitrogens with zero attached hydrogens (tertiary/aromatic N) is 4. The minimum Gasteiger partial charge on any atom is -0.497 e. The summed E-state index contributed by atoms with van der Waals surface area (Å²) in [6.45, 7) is 0.568. The molecular weight excluding hydrogens is 234 g/mol. The predicted molar refractivity (Wildman–Crippen MR) is 65.0 cm³/mol. The van der Waals surface area contributed by atoms with Crippen LogP contribution in [-0.4, -0.2) is 41.5 Å². The standard InChI is InChI=1S/C11H15N5O2/c1-12-7-11-13-15-16(14-11)9-5-4-8(17-2)6-10(9)18-3/h4-6,12H,7H2,1-3H3. The molecule has 0 aliphatic carbocycles. The Morgan fingerprint density at radius 2 is 2.11 bits per heavy atom. The highest BCUT2D eigenvalue weighted by Gasteiger charge is 2.10. The highest BCUT2D eigenvalue weighted by atomic mass is 16.5. The van der Waals surface area contributed by atoms with Gasteiger partial charge in [-0.15, -0.1) is 15.0 Å². The summed E-state index contributed by atoms with van der Waals surface area (Å²) in [5, 5.41) is 15.1. The molecule has 0 unspecified atom stereocenters. The monoisotopic (exact) mass is 249 g/mol. The van der Waals surface area contributed by atoms with Crippen LogP contribution in [0.2, 0.25) is 0 Å². The minimum absolute atomic E-state index is 0.568. The molecule has 0 fully saturated rings. The van der Waals surface area contributed by atoms with Crippen molar-refractivity contribution in [3.8, 4) is 17.2 Å². The van der Waals surface area contributed by atoms with Crippen LogP contribution >= 0.6 is 0 Å². The largest absolute Gasteiger partial charge is 0.497 e. The Labute approximate surface area is 105 Å². The lowest BCUT2D eigenvalue weighted by Gasteiger charge is -2.08. The van der Waals surface area contributed by atoms with Crippen LogP contribution < -0.4 is 14.8 Å². The smallest absolute Gasteiger partial charge is 0.188 e. The number of ether oxygens (including phenoxy) is 2. The van der Waals surface area contributed by atoms with E-state index in [9.17, 15) is 0 Å². The van der Waals surface area contributed by atoms with Gasteiger partial charge in [0.2, 0.25) is 0 Å². The van der Waals surface area contributed by atoms with E-state index >= 15 is 0 Å². The molecule has 2 aromatic rings. The van der Waals surface area contributed by atoms with E-state index in [0.29, 0.717) is 29.6 Å². The molecule has 7 nitrogen and oxygen atoms in total. The molecule has 0 bridgehead atoms. The van der Waals surface area contributed by atoms with E-state index in [1.807, 2.05) is 19.2 Å². The first-order valence-electron chi connectivity index (χ1n) is 5.44. The van der Waals surface area contributed by atoms with E-state index in [4.69, 9.17) is 9.47 Å². The van der Waals surface area contributed by atoms with Crippen LogP contribution in [0.4, 0.5) is 0 Å². The second-order valence-electron chi connectivity index (χ2n) is 3.56. The fraction of sp³-hybridized carbons (Fsp3) is 0.364. The van der Waals surface area contributed by atoms with Gasteiger partial charge in [0, 0.05) is 6.07 Å². The summed E-state index contributed by atoms with van der Waals surface area (Å²) in [5.74, 6) is 1.96. The molecule has 0 aliphatic rings. The van der Waals surface area contributed by atoms with Crippen LogP contribution in [0.1, 0.15) is 5.82 Å². The van der Waals surface area contributed by atoms with E-state index in [0.717, 1.165) is 0 Å². The second kappa shape index (κ2) is 5.46. The molecule has 1 aromatic carbocycles. The Morgan fingerprint density at radius 1 is 1.28 bits per heavy atom. The Kier molecular flexibility index (Phi) is 3.73. The fourth-order valence-electron chi connectivity index (χ4n) is 1.52. The molecule has 0 saturated carbocycles. The topological polar surface area (TPSA) is 74.1 Å². The Morgan fingerprint density at radius 3 is 2.78 bits per heavy atom. The van der Waals surface area contributed by atoms with Crippen LogP contribution in [0.15, 0.2) is 18.2 Å². The maximum atomic E-state index is 5.29. The summed E-state index contributed by atoms with van der Waals surface area (Å²) in [5.41, 5.74) is 0.716. The average molecular weight is 249 g/mol. The maximum Gasteiger partial charge on any atom is 0.188 e. The van der Waals surface area contributed by atoms with Crippen molar-refractivity contribution in [1.82, 2.24) is 25.5 Å². The number of hydrogen-bond donors (Lipinski definition) is 1. The summed E-state index contributed by atoms with van der Waals surface area (Å²) in [6.07, 6.45) is 0. The van der Waals surface area contributed by atoms with Crippen molar-refractivity contribution in [1.29, 1.82) is 0 Å². The van der Waals surface area contributed by atoms with Gasteiger partial charge in [0.15, 0.2) is 5.82 Å². The fourth-order valence-corrected chi connectivity index (χ4v) is 1.52. The van der Waals surface area contributed by atoms with Crippen molar-refractivity contribution >= 4 is 0 Å². The van der Waals surface area contributed by atoms with Gasteiger partial charge in [0.25, 0.3) is 0 Å². The number of rotatable bonds is 5. The lowest BCUT2D eigenvalue weighted by atomic mass is 10.3. The third-order valence-electron chi connectivity index (χ3n) is 2.39. The van der Waals surface area contributed by atoms with Crippen molar-refractivity contribution in [2.75, 3.05) is 21.3 Å². The van der Waals surface area contributed by atoms with Gasteiger partial charge in [-0.1, -0.05) is 0 Å². The van der Waals surface area contributed by atoms with E-state index in [2.05, 4.69) is 20.7 Å². The minimum atomic E-state index is 0.568. The Balaban J connectivity index is 2.36. The summed E-state index contributed by atoms with van der Waals surface area (Å²) < 4.78 is 10.4. The molecule has 0 aliphatic heterocycles. The molecule has 0 radical (unpaired) electrons. The van der Waals surface area contributed by atoms with E-state index in [1.54, 1.807) is 20.3 Å². The van der Waals surface area contributed by atoms with Crippen molar-refractivity contribution < 1.29 is 9.47 Å². The normalized spacial score (nSPS) is 10.4. The number of benzene rings is 1. The van der Waals surface area contributed by atoms with Crippen molar-refractivity contribution in [2.45, 2.75) is 6.54 Å². The molecule has 1 heterocycles. The quantitative estimate of drug-likeness (QED) is 0.826. The van der Waals surface area contributed by atoms with Crippen molar-refractivity contribution in [3.05, 3.63) is 24.0 Å². The van der Waals surface area contributed by atoms with Gasteiger partial charge in [0.05, 0.1) is 20.8 Å². The average Bonchev–Trinajstić information content (AvgIpc) is 2.87. The first-order valence-corrected chi connectivity index (χ1v) is 5.44. The highest BCUT2D eigenvalue weighted by Crippen LogP contribution is 2.26. The molecule has 0 atom stereocenters. The number of nitrogens with one attached hydrogen (secondary N) is 1. The molecule has 0 amide bonds. The molecule has 18 heavy (non-hydrogen) atoms. The third-order valence-corrected chi connectivity index (χ3v) is 2.39. The first kappa shape index (κ1) is 12.3. The van der Waals surface area contributed by atoms with Crippen molar-refractivity contribution in [3.63, 3.8) is 0 Å². The van der Waals surface area contributed by atoms with E-state index in [-0.39, 0.29) is 0 Å². The zero-order valence-corrected chi connectivity index (χ0v) is 10.5. The van der Waals surface area contributed by atoms with Gasteiger partial charge in [-0.2, -0.15) is 0 Å². The van der Waals surface area contributed by atoms with Gasteiger partial charge in [-0.3, -0.25) is 0 Å². The zero-order chi connectivity index (χ0) is 13.0. The SMILES string of the molecule is CNCc1nnn(-c2ccc(OC)cc2OC)n1. The zero-order valence-electron chi connectivity index (χ0n) is 10.5. The molecule has 1 aromatic heterocycles. The second-order valence-corrected chi connectivity index (χ2v) is 3.56. The molecule has 7 heteroatoms. The number of methoxy groups -OCH3 is 2. The Bertz CT molecular complexity index is 526. The van der Waals surface area contributed by atoms with E-state index in [1.165, 1.54) is 4.80 Å². The van der Waals surface area contributed by atoms with Crippen LogP contribution in [0, 0.1) is 0 Å². The molecular formula is C11H15N5O2. The van der Waals surface area contributed by atoms with Gasteiger partial charge in [-0.25, -0.2) is 0 Å². The molecule has 1 N–H and O–H groups in total. The van der Waals surface area contributed by atoms with E-state index < -0.39 is 0 Å². The lowest BCUT2D eigenvalue weighted by Crippen LogP contribution is -2.07. The maximum absolute atomic E-state index is 5.29. The number of hydrogen-bond acceptors (Lipinski definition) is 6. The molecule has 0 spiro atoms. The van der Waals surface area contributed by atoms with Gasteiger partial charge in [0.1, 0.15) is 17.2 Å².